The smallest absolute Gasteiger partial charge is 0.0548 e. The second-order valence-corrected chi connectivity index (χ2v) is 2.95. The van der Waals surface area contributed by atoms with Crippen LogP contribution in [0, 0.1) is 0 Å². The molecule has 0 aromatic carbocycles. The molecule has 0 aliphatic heterocycles. The van der Waals surface area contributed by atoms with Gasteiger partial charge in [0.1, 0.15) is 0 Å². The first-order chi connectivity index (χ1) is 2.81. The molecule has 0 heterocycles. The van der Waals surface area contributed by atoms with Crippen LogP contribution in [0.25, 0.3) is 0 Å². The van der Waals surface area contributed by atoms with E-state index in [1.165, 1.54) is 0 Å². The minimum atomic E-state index is 0.317. The predicted octanol–water partition coefficient (Wildman–Crippen LogP) is 1.19. The van der Waals surface area contributed by atoms with Gasteiger partial charge in [0.25, 0.3) is 0 Å². The summed E-state index contributed by atoms with van der Waals surface area (Å²) in [7, 11) is 0. The summed E-state index contributed by atoms with van der Waals surface area (Å²) in [5, 5.41) is 8.33. The van der Waals surface area contributed by atoms with Crippen LogP contribution in [0.5, 0.6) is 0 Å². The molecule has 0 aliphatic rings. The van der Waals surface area contributed by atoms with Crippen LogP contribution in [0.4, 0.5) is 0 Å². The normalized spacial score (nSPS) is 14.5. The molecular weight excluding hydrogens is 191 g/mol. The van der Waals surface area contributed by atoms with E-state index >= 15 is 0 Å². The second-order valence-electron chi connectivity index (χ2n) is 1.19. The van der Waals surface area contributed by atoms with Crippen molar-refractivity contribution in [3.8, 4) is 0 Å². The Morgan fingerprint density at radius 1 is 1.83 bits per heavy atom. The molecule has 1 N–H and O–H groups in total. The maximum atomic E-state index is 8.33. The van der Waals surface area contributed by atoms with Crippen LogP contribution in [0.1, 0.15) is 13.3 Å². The van der Waals surface area contributed by atoms with Crippen LogP contribution in [0.3, 0.4) is 0 Å². The maximum absolute atomic E-state index is 8.33. The Bertz CT molecular complexity index is 26.7. The average molecular weight is 200 g/mol. The molecular formula is C4H9IO. The molecule has 1 atom stereocenters. The Labute approximate surface area is 51.9 Å². The fourth-order valence-corrected chi connectivity index (χ4v) is 0.129. The first-order valence-corrected chi connectivity index (χ1v) is 3.30. The highest BCUT2D eigenvalue weighted by Gasteiger charge is 1.92. The van der Waals surface area contributed by atoms with Gasteiger partial charge in [-0.1, -0.05) is 29.5 Å². The first kappa shape index (κ1) is 6.69. The van der Waals surface area contributed by atoms with Crippen molar-refractivity contribution < 1.29 is 5.11 Å². The van der Waals surface area contributed by atoms with Gasteiger partial charge < -0.3 is 5.11 Å². The Morgan fingerprint density at radius 2 is 2.33 bits per heavy atom. The van der Waals surface area contributed by atoms with Gasteiger partial charge in [-0.3, -0.25) is 0 Å². The van der Waals surface area contributed by atoms with E-state index in [-0.39, 0.29) is 0 Å². The summed E-state index contributed by atoms with van der Waals surface area (Å²) < 4.78 is 0.461. The van der Waals surface area contributed by atoms with E-state index < -0.39 is 0 Å². The molecule has 0 saturated heterocycles. The summed E-state index contributed by atoms with van der Waals surface area (Å²) in [5.41, 5.74) is 0. The van der Waals surface area contributed by atoms with Crippen LogP contribution < -0.4 is 0 Å². The quantitative estimate of drug-likeness (QED) is 0.524. The molecule has 2 heteroatoms. The van der Waals surface area contributed by atoms with Crippen LogP contribution in [-0.4, -0.2) is 15.6 Å². The van der Waals surface area contributed by atoms with Gasteiger partial charge in [0, 0.05) is 3.92 Å². The number of hydrogen-bond donors (Lipinski definition) is 1. The second kappa shape index (κ2) is 3.87. The molecule has 1 nitrogen and oxygen atoms in total. The number of halogens is 1. The summed E-state index contributed by atoms with van der Waals surface area (Å²) in [6.45, 7) is 2.38. The number of rotatable bonds is 2. The molecule has 0 saturated carbocycles. The van der Waals surface area contributed by atoms with E-state index in [9.17, 15) is 0 Å². The van der Waals surface area contributed by atoms with Crippen molar-refractivity contribution in [1.29, 1.82) is 0 Å². The molecule has 6 heavy (non-hydrogen) atoms. The molecule has 0 fully saturated rings. The lowest BCUT2D eigenvalue weighted by Crippen LogP contribution is -1.99. The Morgan fingerprint density at radius 3 is 2.33 bits per heavy atom. The zero-order valence-electron chi connectivity index (χ0n) is 3.82. The topological polar surface area (TPSA) is 20.2 Å². The fraction of sp³-hybridized carbons (Fsp3) is 1.00. The number of alkyl halides is 1. The van der Waals surface area contributed by atoms with Crippen LogP contribution in [0.15, 0.2) is 0 Å². The van der Waals surface area contributed by atoms with E-state index in [4.69, 9.17) is 5.11 Å². The molecule has 0 aromatic rings. The third-order valence-electron chi connectivity index (χ3n) is 0.641. The SMILES string of the molecule is CCC(I)CO. The molecule has 0 radical (unpaired) electrons. The van der Waals surface area contributed by atoms with E-state index in [0.29, 0.717) is 10.5 Å². The molecule has 38 valence electrons. The van der Waals surface area contributed by atoms with E-state index in [2.05, 4.69) is 29.5 Å². The largest absolute Gasteiger partial charge is 0.395 e. The van der Waals surface area contributed by atoms with Crippen molar-refractivity contribution >= 4 is 22.6 Å². The highest BCUT2D eigenvalue weighted by atomic mass is 127. The van der Waals surface area contributed by atoms with E-state index in [1.807, 2.05) is 0 Å². The maximum Gasteiger partial charge on any atom is 0.0548 e. The van der Waals surface area contributed by atoms with Crippen molar-refractivity contribution in [1.82, 2.24) is 0 Å². The van der Waals surface area contributed by atoms with Crippen LogP contribution in [0.2, 0.25) is 0 Å². The third kappa shape index (κ3) is 2.90. The number of aliphatic hydroxyl groups is 1. The summed E-state index contributed by atoms with van der Waals surface area (Å²) >= 11 is 2.22. The highest BCUT2D eigenvalue weighted by molar-refractivity contribution is 14.1. The zero-order chi connectivity index (χ0) is 4.99. The van der Waals surface area contributed by atoms with Crippen molar-refractivity contribution in [2.45, 2.75) is 17.3 Å². The standard InChI is InChI=1S/C4H9IO/c1-2-4(5)3-6/h4,6H,2-3H2,1H3. The first-order valence-electron chi connectivity index (χ1n) is 2.06. The fourth-order valence-electron chi connectivity index (χ4n) is 0.129. The van der Waals surface area contributed by atoms with Crippen molar-refractivity contribution in [2.75, 3.05) is 6.61 Å². The van der Waals surface area contributed by atoms with Gasteiger partial charge in [0.15, 0.2) is 0 Å². The van der Waals surface area contributed by atoms with Gasteiger partial charge in [-0.05, 0) is 6.42 Å². The predicted molar refractivity (Wildman–Crippen MR) is 35.2 cm³/mol. The van der Waals surface area contributed by atoms with Gasteiger partial charge in [-0.2, -0.15) is 0 Å². The summed E-state index contributed by atoms with van der Waals surface area (Å²) in [5.74, 6) is 0. The number of aliphatic hydroxyl groups excluding tert-OH is 1. The molecule has 0 amide bonds. The molecule has 0 rings (SSSR count). The lowest BCUT2D eigenvalue weighted by atomic mass is 10.4. The molecule has 1 unspecified atom stereocenters. The van der Waals surface area contributed by atoms with Gasteiger partial charge in [-0.25, -0.2) is 0 Å². The summed E-state index contributed by atoms with van der Waals surface area (Å²) in [6.07, 6.45) is 1.07. The molecule has 0 bridgehead atoms. The van der Waals surface area contributed by atoms with Gasteiger partial charge in [-0.15, -0.1) is 0 Å². The van der Waals surface area contributed by atoms with Gasteiger partial charge >= 0.3 is 0 Å². The molecule has 0 aliphatic carbocycles. The number of hydrogen-bond acceptors (Lipinski definition) is 1. The van der Waals surface area contributed by atoms with Gasteiger partial charge in [0.05, 0.1) is 6.61 Å². The summed E-state index contributed by atoms with van der Waals surface area (Å²) in [6, 6.07) is 0. The zero-order valence-corrected chi connectivity index (χ0v) is 5.97. The Hall–Kier alpha value is 0.690. The lowest BCUT2D eigenvalue weighted by Gasteiger charge is -1.95. The van der Waals surface area contributed by atoms with Gasteiger partial charge in [0.2, 0.25) is 0 Å². The third-order valence-corrected chi connectivity index (χ3v) is 1.92. The average Bonchev–Trinajstić information content (AvgIpc) is 1.65. The Balaban J connectivity index is 2.75. The lowest BCUT2D eigenvalue weighted by molar-refractivity contribution is 0.297. The van der Waals surface area contributed by atoms with Crippen LogP contribution in [-0.2, 0) is 0 Å². The van der Waals surface area contributed by atoms with Crippen molar-refractivity contribution in [3.63, 3.8) is 0 Å². The van der Waals surface area contributed by atoms with Crippen molar-refractivity contribution in [2.24, 2.45) is 0 Å². The summed E-state index contributed by atoms with van der Waals surface area (Å²) in [4.78, 5) is 0. The van der Waals surface area contributed by atoms with E-state index in [0.717, 1.165) is 6.42 Å². The molecule has 0 aromatic heterocycles. The minimum absolute atomic E-state index is 0.317. The van der Waals surface area contributed by atoms with E-state index in [1.54, 1.807) is 0 Å². The monoisotopic (exact) mass is 200 g/mol. The Kier molecular flexibility index (Phi) is 4.31. The molecule has 0 spiro atoms. The minimum Gasteiger partial charge on any atom is -0.395 e. The van der Waals surface area contributed by atoms with Crippen molar-refractivity contribution in [3.05, 3.63) is 0 Å². The highest BCUT2D eigenvalue weighted by Crippen LogP contribution is 2.01. The van der Waals surface area contributed by atoms with Crippen LogP contribution >= 0.6 is 22.6 Å².